The Balaban J connectivity index is 1.67. The number of fused-ring (bicyclic) bond motifs is 1. The van der Waals surface area contributed by atoms with Gasteiger partial charge in [-0.3, -0.25) is 9.20 Å². The van der Waals surface area contributed by atoms with Crippen LogP contribution in [-0.2, 0) is 11.5 Å². The number of hydrogen-bond acceptors (Lipinski definition) is 4. The summed E-state index contributed by atoms with van der Waals surface area (Å²) in [5, 5.41) is 2.62. The number of thiazole rings is 1. The minimum atomic E-state index is -0.0154. The molecule has 0 radical (unpaired) electrons. The highest BCUT2D eigenvalue weighted by atomic mass is 35.5. The van der Waals surface area contributed by atoms with Crippen LogP contribution in [0.15, 0.2) is 46.7 Å². The highest BCUT2D eigenvalue weighted by molar-refractivity contribution is 7.97. The van der Waals surface area contributed by atoms with Gasteiger partial charge >= 0.3 is 0 Å². The van der Waals surface area contributed by atoms with Crippen molar-refractivity contribution in [3.05, 3.63) is 68.5 Å². The Morgan fingerprint density at radius 1 is 1.25 bits per heavy atom. The van der Waals surface area contributed by atoms with E-state index in [9.17, 15) is 4.79 Å². The number of aromatic nitrogens is 2. The Kier molecular flexibility index (Phi) is 4.10. The molecular formula is C14H11ClN2OS2. The second-order valence-electron chi connectivity index (χ2n) is 4.26. The lowest BCUT2D eigenvalue weighted by atomic mass is 10.2. The lowest BCUT2D eigenvalue weighted by Gasteiger charge is -2.02. The largest absolute Gasteiger partial charge is 0.269 e. The smallest absolute Gasteiger partial charge is 0.258 e. The molecule has 0 aliphatic rings. The van der Waals surface area contributed by atoms with Crippen LogP contribution in [0.2, 0.25) is 5.02 Å². The molecule has 0 N–H and O–H groups in total. The van der Waals surface area contributed by atoms with E-state index in [-0.39, 0.29) is 5.56 Å². The van der Waals surface area contributed by atoms with Gasteiger partial charge in [0.05, 0.1) is 5.69 Å². The average molecular weight is 323 g/mol. The van der Waals surface area contributed by atoms with Gasteiger partial charge in [-0.05, 0) is 17.7 Å². The van der Waals surface area contributed by atoms with E-state index in [4.69, 9.17) is 11.6 Å². The van der Waals surface area contributed by atoms with E-state index in [0.29, 0.717) is 0 Å². The molecule has 0 aliphatic heterocycles. The van der Waals surface area contributed by atoms with Gasteiger partial charge in [-0.1, -0.05) is 23.7 Å². The van der Waals surface area contributed by atoms with Crippen LogP contribution in [0.25, 0.3) is 4.96 Å². The molecule has 0 saturated carbocycles. The van der Waals surface area contributed by atoms with E-state index >= 15 is 0 Å². The van der Waals surface area contributed by atoms with Gasteiger partial charge in [0, 0.05) is 34.2 Å². The summed E-state index contributed by atoms with van der Waals surface area (Å²) < 4.78 is 1.57. The van der Waals surface area contributed by atoms with Crippen molar-refractivity contribution in [2.75, 3.05) is 0 Å². The van der Waals surface area contributed by atoms with E-state index in [1.54, 1.807) is 28.4 Å². The molecule has 102 valence electrons. The molecule has 3 nitrogen and oxygen atoms in total. The molecule has 3 aromatic rings. The molecule has 0 spiro atoms. The summed E-state index contributed by atoms with van der Waals surface area (Å²) in [5.74, 6) is 1.61. The molecule has 2 heterocycles. The SMILES string of the molecule is O=c1cc(CSCc2ccc(Cl)cc2)nc2sccn12. The lowest BCUT2D eigenvalue weighted by molar-refractivity contribution is 1.04. The van der Waals surface area contributed by atoms with Crippen LogP contribution in [0.3, 0.4) is 0 Å². The molecule has 0 amide bonds. The normalized spacial score (nSPS) is 11.1. The van der Waals surface area contributed by atoms with E-state index < -0.39 is 0 Å². The fourth-order valence-electron chi connectivity index (χ4n) is 1.82. The van der Waals surface area contributed by atoms with Gasteiger partial charge in [0.15, 0.2) is 4.96 Å². The van der Waals surface area contributed by atoms with Gasteiger partial charge in [-0.25, -0.2) is 4.98 Å². The fraction of sp³-hybridized carbons (Fsp3) is 0.143. The summed E-state index contributed by atoms with van der Waals surface area (Å²) in [5.41, 5.74) is 2.03. The Bertz CT molecular complexity index is 780. The Hall–Kier alpha value is -1.30. The molecule has 0 bridgehead atoms. The minimum Gasteiger partial charge on any atom is -0.269 e. The quantitative estimate of drug-likeness (QED) is 0.732. The van der Waals surface area contributed by atoms with Crippen LogP contribution in [0, 0.1) is 0 Å². The van der Waals surface area contributed by atoms with Crippen LogP contribution in [0.5, 0.6) is 0 Å². The van der Waals surface area contributed by atoms with E-state index in [0.717, 1.165) is 27.2 Å². The minimum absolute atomic E-state index is 0.0154. The first-order chi connectivity index (χ1) is 9.72. The second kappa shape index (κ2) is 5.99. The van der Waals surface area contributed by atoms with Gasteiger partial charge in [0.2, 0.25) is 0 Å². The second-order valence-corrected chi connectivity index (χ2v) is 6.56. The van der Waals surface area contributed by atoms with Crippen LogP contribution in [-0.4, -0.2) is 9.38 Å². The zero-order valence-corrected chi connectivity index (χ0v) is 12.8. The van der Waals surface area contributed by atoms with Gasteiger partial charge in [-0.15, -0.1) is 11.3 Å². The van der Waals surface area contributed by atoms with Crippen LogP contribution in [0.4, 0.5) is 0 Å². The molecule has 0 saturated heterocycles. The average Bonchev–Trinajstić information content (AvgIpc) is 2.90. The van der Waals surface area contributed by atoms with Crippen molar-refractivity contribution in [1.29, 1.82) is 0 Å². The third-order valence-electron chi connectivity index (χ3n) is 2.79. The number of thioether (sulfide) groups is 1. The summed E-state index contributed by atoms with van der Waals surface area (Å²) in [6.45, 7) is 0. The van der Waals surface area contributed by atoms with E-state index in [1.165, 1.54) is 16.9 Å². The zero-order valence-electron chi connectivity index (χ0n) is 10.5. The molecule has 1 aromatic carbocycles. The van der Waals surface area contributed by atoms with Crippen molar-refractivity contribution in [2.45, 2.75) is 11.5 Å². The molecule has 0 unspecified atom stereocenters. The predicted molar refractivity (Wildman–Crippen MR) is 85.8 cm³/mol. The molecule has 6 heteroatoms. The monoisotopic (exact) mass is 322 g/mol. The summed E-state index contributed by atoms with van der Waals surface area (Å²) in [6.07, 6.45) is 1.75. The summed E-state index contributed by atoms with van der Waals surface area (Å²) in [7, 11) is 0. The van der Waals surface area contributed by atoms with Crippen molar-refractivity contribution < 1.29 is 0 Å². The molecule has 0 atom stereocenters. The molecule has 20 heavy (non-hydrogen) atoms. The predicted octanol–water partition coefficient (Wildman–Crippen LogP) is 3.84. The summed E-state index contributed by atoms with van der Waals surface area (Å²) in [4.78, 5) is 17.1. The number of rotatable bonds is 4. The number of nitrogens with zero attached hydrogens (tertiary/aromatic N) is 2. The Morgan fingerprint density at radius 3 is 2.85 bits per heavy atom. The van der Waals surface area contributed by atoms with Crippen LogP contribution in [0.1, 0.15) is 11.3 Å². The summed E-state index contributed by atoms with van der Waals surface area (Å²) >= 11 is 9.06. The molecule has 0 aliphatic carbocycles. The maximum absolute atomic E-state index is 11.8. The summed E-state index contributed by atoms with van der Waals surface area (Å²) in [6, 6.07) is 9.41. The van der Waals surface area contributed by atoms with Crippen molar-refractivity contribution in [1.82, 2.24) is 9.38 Å². The Morgan fingerprint density at radius 2 is 2.05 bits per heavy atom. The fourth-order valence-corrected chi connectivity index (χ4v) is 3.57. The molecular weight excluding hydrogens is 312 g/mol. The number of benzene rings is 1. The first-order valence-corrected chi connectivity index (χ1v) is 8.41. The molecule has 0 fully saturated rings. The van der Waals surface area contributed by atoms with Crippen molar-refractivity contribution in [3.8, 4) is 0 Å². The first-order valence-electron chi connectivity index (χ1n) is 6.00. The van der Waals surface area contributed by atoms with Gasteiger partial charge in [-0.2, -0.15) is 11.8 Å². The lowest BCUT2D eigenvalue weighted by Crippen LogP contribution is -2.12. The van der Waals surface area contributed by atoms with E-state index in [2.05, 4.69) is 4.98 Å². The number of hydrogen-bond donors (Lipinski definition) is 0. The first kappa shape index (κ1) is 13.7. The standard InChI is InChI=1S/C14H11ClN2OS2/c15-11-3-1-10(2-4-11)8-19-9-12-7-13(18)17-5-6-20-14(17)16-12/h1-7H,8-9H2. The maximum Gasteiger partial charge on any atom is 0.258 e. The van der Waals surface area contributed by atoms with Crippen LogP contribution >= 0.6 is 34.7 Å². The van der Waals surface area contributed by atoms with Crippen molar-refractivity contribution in [2.24, 2.45) is 0 Å². The Labute approximate surface area is 129 Å². The van der Waals surface area contributed by atoms with Gasteiger partial charge in [0.1, 0.15) is 0 Å². The van der Waals surface area contributed by atoms with Gasteiger partial charge in [0.25, 0.3) is 5.56 Å². The highest BCUT2D eigenvalue weighted by Crippen LogP contribution is 2.18. The third-order valence-corrected chi connectivity index (χ3v) is 4.83. The maximum atomic E-state index is 11.8. The zero-order chi connectivity index (χ0) is 13.9. The number of halogens is 1. The van der Waals surface area contributed by atoms with E-state index in [1.807, 2.05) is 29.6 Å². The van der Waals surface area contributed by atoms with Crippen molar-refractivity contribution in [3.63, 3.8) is 0 Å². The molecule has 2 aromatic heterocycles. The van der Waals surface area contributed by atoms with Crippen molar-refractivity contribution >= 4 is 39.7 Å². The topological polar surface area (TPSA) is 34.4 Å². The third kappa shape index (κ3) is 3.06. The van der Waals surface area contributed by atoms with Crippen LogP contribution < -0.4 is 5.56 Å². The highest BCUT2D eigenvalue weighted by Gasteiger charge is 2.03. The van der Waals surface area contributed by atoms with Gasteiger partial charge < -0.3 is 0 Å². The molecule has 3 rings (SSSR count).